The Morgan fingerprint density at radius 1 is 1.41 bits per heavy atom. The molecule has 4 nitrogen and oxygen atoms in total. The standard InChI is InChI=1S/C13H16N2O2/c1-9(13(14)17)15-8-11(7-12(15)16)10-5-3-2-4-6-10/h2-6,9,11H,7-8H2,1H3,(H2,14,17)/t9-,11+/m1/s1. The van der Waals surface area contributed by atoms with Gasteiger partial charge in [0.15, 0.2) is 0 Å². The molecule has 0 saturated carbocycles. The Morgan fingerprint density at radius 3 is 2.65 bits per heavy atom. The van der Waals surface area contributed by atoms with Gasteiger partial charge in [-0.15, -0.1) is 0 Å². The van der Waals surface area contributed by atoms with E-state index in [9.17, 15) is 9.59 Å². The summed E-state index contributed by atoms with van der Waals surface area (Å²) < 4.78 is 0. The maximum absolute atomic E-state index is 11.8. The van der Waals surface area contributed by atoms with Crippen LogP contribution in [0.4, 0.5) is 0 Å². The van der Waals surface area contributed by atoms with Gasteiger partial charge in [0.2, 0.25) is 11.8 Å². The molecule has 2 rings (SSSR count). The number of benzene rings is 1. The van der Waals surface area contributed by atoms with Crippen molar-refractivity contribution in [2.75, 3.05) is 6.54 Å². The van der Waals surface area contributed by atoms with Crippen molar-refractivity contribution in [2.45, 2.75) is 25.3 Å². The second-order valence-electron chi connectivity index (χ2n) is 4.44. The zero-order valence-electron chi connectivity index (χ0n) is 9.80. The molecule has 1 aromatic rings. The van der Waals surface area contributed by atoms with E-state index < -0.39 is 11.9 Å². The first-order valence-corrected chi connectivity index (χ1v) is 5.73. The summed E-state index contributed by atoms with van der Waals surface area (Å²) in [5, 5.41) is 0. The number of carbonyl (C=O) groups is 2. The zero-order chi connectivity index (χ0) is 12.4. The third kappa shape index (κ3) is 2.30. The Labute approximate surface area is 100 Å². The molecule has 1 fully saturated rings. The molecule has 4 heteroatoms. The molecule has 1 aliphatic rings. The highest BCUT2D eigenvalue weighted by Gasteiger charge is 2.35. The van der Waals surface area contributed by atoms with Gasteiger partial charge in [-0.3, -0.25) is 9.59 Å². The van der Waals surface area contributed by atoms with Crippen molar-refractivity contribution < 1.29 is 9.59 Å². The van der Waals surface area contributed by atoms with Gasteiger partial charge < -0.3 is 10.6 Å². The Morgan fingerprint density at radius 2 is 2.06 bits per heavy atom. The molecule has 17 heavy (non-hydrogen) atoms. The SMILES string of the molecule is C[C@H](C(N)=O)N1C[C@@H](c2ccccc2)CC1=O. The van der Waals surface area contributed by atoms with Crippen LogP contribution < -0.4 is 5.73 Å². The lowest BCUT2D eigenvalue weighted by Gasteiger charge is -2.21. The van der Waals surface area contributed by atoms with Crippen LogP contribution in [-0.4, -0.2) is 29.3 Å². The molecular formula is C13H16N2O2. The van der Waals surface area contributed by atoms with Crippen LogP contribution in [0.25, 0.3) is 0 Å². The molecule has 2 atom stereocenters. The summed E-state index contributed by atoms with van der Waals surface area (Å²) in [6.45, 7) is 2.25. The van der Waals surface area contributed by atoms with Crippen LogP contribution in [0.1, 0.15) is 24.8 Å². The lowest BCUT2D eigenvalue weighted by Crippen LogP contribution is -2.43. The first-order chi connectivity index (χ1) is 8.09. The summed E-state index contributed by atoms with van der Waals surface area (Å²) in [5.74, 6) is -0.275. The van der Waals surface area contributed by atoms with Gasteiger partial charge in [-0.05, 0) is 12.5 Å². The average Bonchev–Trinajstić information content (AvgIpc) is 2.71. The first-order valence-electron chi connectivity index (χ1n) is 5.73. The van der Waals surface area contributed by atoms with Gasteiger partial charge >= 0.3 is 0 Å². The van der Waals surface area contributed by atoms with Crippen LogP contribution in [0.2, 0.25) is 0 Å². The average molecular weight is 232 g/mol. The predicted molar refractivity (Wildman–Crippen MR) is 64.2 cm³/mol. The molecule has 0 aliphatic carbocycles. The number of primary amides is 1. The molecule has 90 valence electrons. The molecule has 0 spiro atoms. The molecule has 1 aromatic carbocycles. The molecular weight excluding hydrogens is 216 g/mol. The summed E-state index contributed by atoms with van der Waals surface area (Å²) in [6, 6.07) is 9.37. The fourth-order valence-corrected chi connectivity index (χ4v) is 2.21. The van der Waals surface area contributed by atoms with Crippen molar-refractivity contribution in [3.63, 3.8) is 0 Å². The zero-order valence-corrected chi connectivity index (χ0v) is 9.80. The predicted octanol–water partition coefficient (Wildman–Crippen LogP) is 0.876. The molecule has 2 amide bonds. The van der Waals surface area contributed by atoms with E-state index in [1.54, 1.807) is 11.8 Å². The minimum Gasteiger partial charge on any atom is -0.368 e. The van der Waals surface area contributed by atoms with Crippen molar-refractivity contribution in [2.24, 2.45) is 5.73 Å². The maximum Gasteiger partial charge on any atom is 0.239 e. The van der Waals surface area contributed by atoms with Crippen molar-refractivity contribution in [1.82, 2.24) is 4.90 Å². The quantitative estimate of drug-likeness (QED) is 0.840. The number of amides is 2. The van der Waals surface area contributed by atoms with Gasteiger partial charge in [0.1, 0.15) is 6.04 Å². The summed E-state index contributed by atoms with van der Waals surface area (Å²) in [4.78, 5) is 24.5. The largest absolute Gasteiger partial charge is 0.368 e. The van der Waals surface area contributed by atoms with Crippen molar-refractivity contribution in [3.05, 3.63) is 35.9 Å². The monoisotopic (exact) mass is 232 g/mol. The van der Waals surface area contributed by atoms with E-state index in [1.807, 2.05) is 30.3 Å². The second-order valence-corrected chi connectivity index (χ2v) is 4.44. The Hall–Kier alpha value is -1.84. The molecule has 0 unspecified atom stereocenters. The Bertz CT molecular complexity index is 430. The Kier molecular flexibility index (Phi) is 3.13. The van der Waals surface area contributed by atoms with Crippen LogP contribution in [0.15, 0.2) is 30.3 Å². The third-order valence-corrected chi connectivity index (χ3v) is 3.31. The topological polar surface area (TPSA) is 63.4 Å². The highest BCUT2D eigenvalue weighted by molar-refractivity contribution is 5.88. The number of hydrogen-bond donors (Lipinski definition) is 1. The van der Waals surface area contributed by atoms with Gasteiger partial charge in [-0.25, -0.2) is 0 Å². The van der Waals surface area contributed by atoms with Gasteiger partial charge in [0.25, 0.3) is 0 Å². The Balaban J connectivity index is 2.13. The van der Waals surface area contributed by atoms with Crippen LogP contribution in [0, 0.1) is 0 Å². The first kappa shape index (κ1) is 11.6. The normalized spacial score (nSPS) is 21.6. The number of nitrogens with two attached hydrogens (primary N) is 1. The lowest BCUT2D eigenvalue weighted by atomic mass is 9.98. The summed E-state index contributed by atoms with van der Waals surface area (Å²) >= 11 is 0. The summed E-state index contributed by atoms with van der Waals surface area (Å²) in [6.07, 6.45) is 0.460. The minimum absolute atomic E-state index is 0.00477. The smallest absolute Gasteiger partial charge is 0.239 e. The third-order valence-electron chi connectivity index (χ3n) is 3.31. The van der Waals surface area contributed by atoms with Crippen LogP contribution in [0.5, 0.6) is 0 Å². The number of nitrogens with zero attached hydrogens (tertiary/aromatic N) is 1. The van der Waals surface area contributed by atoms with Gasteiger partial charge in [0.05, 0.1) is 0 Å². The molecule has 0 radical (unpaired) electrons. The number of hydrogen-bond acceptors (Lipinski definition) is 2. The fourth-order valence-electron chi connectivity index (χ4n) is 2.21. The van der Waals surface area contributed by atoms with E-state index >= 15 is 0 Å². The van der Waals surface area contributed by atoms with E-state index in [0.29, 0.717) is 13.0 Å². The van der Waals surface area contributed by atoms with E-state index in [4.69, 9.17) is 5.73 Å². The van der Waals surface area contributed by atoms with Gasteiger partial charge in [0, 0.05) is 18.9 Å². The highest BCUT2D eigenvalue weighted by Crippen LogP contribution is 2.29. The number of carbonyl (C=O) groups excluding carboxylic acids is 2. The van der Waals surface area contributed by atoms with Crippen molar-refractivity contribution in [1.29, 1.82) is 0 Å². The minimum atomic E-state index is -0.517. The van der Waals surface area contributed by atoms with E-state index in [-0.39, 0.29) is 11.8 Å². The van der Waals surface area contributed by atoms with Crippen molar-refractivity contribution in [3.8, 4) is 0 Å². The number of rotatable bonds is 3. The van der Waals surface area contributed by atoms with E-state index in [0.717, 1.165) is 5.56 Å². The van der Waals surface area contributed by atoms with E-state index in [2.05, 4.69) is 0 Å². The molecule has 0 bridgehead atoms. The molecule has 0 aromatic heterocycles. The molecule has 1 saturated heterocycles. The second kappa shape index (κ2) is 4.57. The van der Waals surface area contributed by atoms with Gasteiger partial charge in [-0.2, -0.15) is 0 Å². The molecule has 1 aliphatic heterocycles. The summed E-state index contributed by atoms with van der Waals surface area (Å²) in [7, 11) is 0. The highest BCUT2D eigenvalue weighted by atomic mass is 16.2. The van der Waals surface area contributed by atoms with Gasteiger partial charge in [-0.1, -0.05) is 30.3 Å². The molecule has 1 heterocycles. The van der Waals surface area contributed by atoms with Crippen LogP contribution >= 0.6 is 0 Å². The summed E-state index contributed by atoms with van der Waals surface area (Å²) in [5.41, 5.74) is 6.37. The van der Waals surface area contributed by atoms with Crippen molar-refractivity contribution >= 4 is 11.8 Å². The fraction of sp³-hybridized carbons (Fsp3) is 0.385. The maximum atomic E-state index is 11.8. The van der Waals surface area contributed by atoms with Crippen LogP contribution in [0.3, 0.4) is 0 Å². The van der Waals surface area contributed by atoms with Crippen LogP contribution in [-0.2, 0) is 9.59 Å². The number of likely N-dealkylation sites (tertiary alicyclic amines) is 1. The molecule has 2 N–H and O–H groups in total. The van der Waals surface area contributed by atoms with E-state index in [1.165, 1.54) is 0 Å². The lowest BCUT2D eigenvalue weighted by molar-refractivity contribution is -0.135.